The number of hydrogen-bond donors (Lipinski definition) is 2. The number of rotatable bonds is 6. The Morgan fingerprint density at radius 1 is 1.35 bits per heavy atom. The molecule has 0 aliphatic carbocycles. The molecule has 0 spiro atoms. The molecule has 3 N–H and O–H groups in total. The average molecular weight is 288 g/mol. The number of nitrogens with one attached hydrogen (secondary N) is 1. The molecule has 0 radical (unpaired) electrons. The first kappa shape index (κ1) is 14.6. The highest BCUT2D eigenvalue weighted by Crippen LogP contribution is 2.30. The van der Waals surface area contributed by atoms with E-state index in [1.165, 1.54) is 22.5 Å². The summed E-state index contributed by atoms with van der Waals surface area (Å²) < 4.78 is 0. The summed E-state index contributed by atoms with van der Waals surface area (Å²) in [5.41, 5.74) is 9.04. The van der Waals surface area contributed by atoms with Gasteiger partial charge < -0.3 is 11.1 Å². The molecule has 0 amide bonds. The molecule has 20 heavy (non-hydrogen) atoms. The van der Waals surface area contributed by atoms with Gasteiger partial charge in [-0.2, -0.15) is 0 Å². The molecule has 0 saturated heterocycles. The van der Waals surface area contributed by atoms with Gasteiger partial charge in [0.05, 0.1) is 15.6 Å². The summed E-state index contributed by atoms with van der Waals surface area (Å²) in [5.74, 6) is 0.110. The summed E-state index contributed by atoms with van der Waals surface area (Å²) in [6, 6.07) is 10.3. The fourth-order valence-electron chi connectivity index (χ4n) is 2.07. The van der Waals surface area contributed by atoms with Crippen LogP contribution in [0.25, 0.3) is 0 Å². The number of carbonyl (C=O) groups excluding carboxylic acids is 1. The molecule has 2 rings (SSSR count). The number of ketones is 1. The number of aryl methyl sites for hydroxylation is 1. The van der Waals surface area contributed by atoms with Crippen molar-refractivity contribution in [3.63, 3.8) is 0 Å². The van der Waals surface area contributed by atoms with Crippen molar-refractivity contribution in [2.45, 2.75) is 26.7 Å². The number of nitrogen functional groups attached to an aromatic ring is 1. The first-order valence-corrected chi connectivity index (χ1v) is 7.63. The predicted octanol–water partition coefficient (Wildman–Crippen LogP) is 3.89. The Balaban J connectivity index is 1.93. The van der Waals surface area contributed by atoms with Crippen molar-refractivity contribution in [1.29, 1.82) is 0 Å². The molecule has 4 heteroatoms. The first-order valence-electron chi connectivity index (χ1n) is 6.82. The number of Topliss-reactive ketones (excluding diaryl/α,β-unsaturated/α-hetero) is 1. The molecule has 1 heterocycles. The minimum Gasteiger partial charge on any atom is -0.397 e. The monoisotopic (exact) mass is 288 g/mol. The molecule has 0 saturated carbocycles. The van der Waals surface area contributed by atoms with Crippen molar-refractivity contribution < 1.29 is 4.79 Å². The third kappa shape index (κ3) is 3.61. The zero-order valence-electron chi connectivity index (χ0n) is 11.9. The second-order valence-corrected chi connectivity index (χ2v) is 5.89. The molecule has 0 unspecified atom stereocenters. The lowest BCUT2D eigenvalue weighted by molar-refractivity contribution is 0.0993. The highest BCUT2D eigenvalue weighted by Gasteiger charge is 2.12. The van der Waals surface area contributed by atoms with Gasteiger partial charge in [-0.25, -0.2) is 0 Å². The number of benzene rings is 1. The molecule has 1 aromatic heterocycles. The lowest BCUT2D eigenvalue weighted by Crippen LogP contribution is -2.03. The van der Waals surface area contributed by atoms with E-state index in [9.17, 15) is 4.79 Å². The number of carbonyl (C=O) groups is 1. The highest BCUT2D eigenvalue weighted by atomic mass is 32.1. The second-order valence-electron chi connectivity index (χ2n) is 4.84. The quantitative estimate of drug-likeness (QED) is 0.793. The Morgan fingerprint density at radius 2 is 2.15 bits per heavy atom. The van der Waals surface area contributed by atoms with E-state index in [2.05, 4.69) is 36.5 Å². The molecule has 106 valence electrons. The molecule has 2 aromatic rings. The summed E-state index contributed by atoms with van der Waals surface area (Å²) >= 11 is 1.44. The Kier molecular flexibility index (Phi) is 4.79. The summed E-state index contributed by atoms with van der Waals surface area (Å²) in [6.07, 6.45) is 1.45. The minimum absolute atomic E-state index is 0.110. The van der Waals surface area contributed by atoms with Crippen LogP contribution in [-0.4, -0.2) is 12.3 Å². The van der Waals surface area contributed by atoms with Crippen LogP contribution >= 0.6 is 11.3 Å². The summed E-state index contributed by atoms with van der Waals surface area (Å²) in [6.45, 7) is 4.79. The van der Waals surface area contributed by atoms with Crippen molar-refractivity contribution in [1.82, 2.24) is 0 Å². The van der Waals surface area contributed by atoms with Crippen molar-refractivity contribution in [3.05, 3.63) is 46.3 Å². The van der Waals surface area contributed by atoms with Crippen LogP contribution in [0.1, 0.15) is 34.1 Å². The standard InChI is InChI=1S/C16H20N2OS/c1-3-14(19)16-13(17)10-15(20-16)18-8-7-12-6-4-5-11(2)9-12/h4-6,9-10,18H,3,7-8,17H2,1-2H3. The van der Waals surface area contributed by atoms with Gasteiger partial charge in [-0.05, 0) is 25.0 Å². The summed E-state index contributed by atoms with van der Waals surface area (Å²) in [7, 11) is 0. The Bertz CT molecular complexity index is 604. The third-order valence-electron chi connectivity index (χ3n) is 3.13. The molecule has 0 aliphatic rings. The molecule has 0 atom stereocenters. The van der Waals surface area contributed by atoms with Crippen molar-refractivity contribution in [3.8, 4) is 0 Å². The van der Waals surface area contributed by atoms with Crippen LogP contribution in [0.5, 0.6) is 0 Å². The van der Waals surface area contributed by atoms with Crippen LogP contribution in [-0.2, 0) is 6.42 Å². The van der Waals surface area contributed by atoms with E-state index < -0.39 is 0 Å². The zero-order chi connectivity index (χ0) is 14.5. The number of hydrogen-bond acceptors (Lipinski definition) is 4. The molecular weight excluding hydrogens is 268 g/mol. The maximum Gasteiger partial charge on any atom is 0.174 e. The normalized spacial score (nSPS) is 10.5. The number of thiophene rings is 1. The van der Waals surface area contributed by atoms with E-state index in [1.54, 1.807) is 0 Å². The van der Waals surface area contributed by atoms with Crippen LogP contribution in [0.4, 0.5) is 10.7 Å². The van der Waals surface area contributed by atoms with E-state index >= 15 is 0 Å². The minimum atomic E-state index is 0.110. The van der Waals surface area contributed by atoms with Gasteiger partial charge in [-0.3, -0.25) is 4.79 Å². The van der Waals surface area contributed by atoms with Gasteiger partial charge in [-0.1, -0.05) is 36.8 Å². The number of anilines is 2. The molecule has 0 aliphatic heterocycles. The molecule has 1 aromatic carbocycles. The van der Waals surface area contributed by atoms with E-state index in [0.717, 1.165) is 18.0 Å². The van der Waals surface area contributed by atoms with Crippen LogP contribution < -0.4 is 11.1 Å². The zero-order valence-corrected chi connectivity index (χ0v) is 12.7. The van der Waals surface area contributed by atoms with Gasteiger partial charge in [-0.15, -0.1) is 11.3 Å². The van der Waals surface area contributed by atoms with E-state index in [4.69, 9.17) is 5.73 Å². The van der Waals surface area contributed by atoms with Crippen LogP contribution in [0, 0.1) is 6.92 Å². The Hall–Kier alpha value is -1.81. The molecule has 0 bridgehead atoms. The van der Waals surface area contributed by atoms with Gasteiger partial charge in [0, 0.05) is 13.0 Å². The largest absolute Gasteiger partial charge is 0.397 e. The number of nitrogens with two attached hydrogens (primary N) is 1. The predicted molar refractivity (Wildman–Crippen MR) is 86.7 cm³/mol. The van der Waals surface area contributed by atoms with E-state index in [-0.39, 0.29) is 5.78 Å². The topological polar surface area (TPSA) is 55.1 Å². The van der Waals surface area contributed by atoms with Crippen LogP contribution in [0.2, 0.25) is 0 Å². The summed E-state index contributed by atoms with van der Waals surface area (Å²) in [4.78, 5) is 12.4. The van der Waals surface area contributed by atoms with Gasteiger partial charge in [0.25, 0.3) is 0 Å². The second kappa shape index (κ2) is 6.57. The third-order valence-corrected chi connectivity index (χ3v) is 4.28. The summed E-state index contributed by atoms with van der Waals surface area (Å²) in [5, 5.41) is 4.30. The van der Waals surface area contributed by atoms with Gasteiger partial charge in [0.2, 0.25) is 0 Å². The molecule has 0 fully saturated rings. The lowest BCUT2D eigenvalue weighted by atomic mass is 10.1. The van der Waals surface area contributed by atoms with E-state index in [0.29, 0.717) is 17.0 Å². The van der Waals surface area contributed by atoms with Gasteiger partial charge >= 0.3 is 0 Å². The fraction of sp³-hybridized carbons (Fsp3) is 0.312. The Labute approximate surface area is 123 Å². The van der Waals surface area contributed by atoms with Crippen LogP contribution in [0.3, 0.4) is 0 Å². The van der Waals surface area contributed by atoms with E-state index in [1.807, 2.05) is 13.0 Å². The van der Waals surface area contributed by atoms with Crippen molar-refractivity contribution in [2.75, 3.05) is 17.6 Å². The maximum absolute atomic E-state index is 11.7. The first-order chi connectivity index (χ1) is 9.60. The lowest BCUT2D eigenvalue weighted by Gasteiger charge is -2.04. The smallest absolute Gasteiger partial charge is 0.174 e. The van der Waals surface area contributed by atoms with Crippen molar-refractivity contribution in [2.24, 2.45) is 0 Å². The van der Waals surface area contributed by atoms with Gasteiger partial charge in [0.1, 0.15) is 0 Å². The molecular formula is C16H20N2OS. The maximum atomic E-state index is 11.7. The average Bonchev–Trinajstić information content (AvgIpc) is 2.79. The Morgan fingerprint density at radius 3 is 2.85 bits per heavy atom. The van der Waals surface area contributed by atoms with Crippen molar-refractivity contribution >= 4 is 27.8 Å². The molecule has 3 nitrogen and oxygen atoms in total. The van der Waals surface area contributed by atoms with Crippen LogP contribution in [0.15, 0.2) is 30.3 Å². The highest BCUT2D eigenvalue weighted by molar-refractivity contribution is 7.18. The SMILES string of the molecule is CCC(=O)c1sc(NCCc2cccc(C)c2)cc1N. The van der Waals surface area contributed by atoms with Gasteiger partial charge in [0.15, 0.2) is 5.78 Å². The fourth-order valence-corrected chi connectivity index (χ4v) is 3.08.